The summed E-state index contributed by atoms with van der Waals surface area (Å²) in [5.74, 6) is 0.568. The van der Waals surface area contributed by atoms with Crippen LogP contribution in [-0.2, 0) is 11.3 Å². The van der Waals surface area contributed by atoms with Gasteiger partial charge in [-0.3, -0.25) is 14.6 Å². The summed E-state index contributed by atoms with van der Waals surface area (Å²) >= 11 is 0. The molecule has 0 bridgehead atoms. The van der Waals surface area contributed by atoms with Crippen molar-refractivity contribution in [3.05, 3.63) is 29.8 Å². The van der Waals surface area contributed by atoms with E-state index in [1.54, 1.807) is 0 Å². The van der Waals surface area contributed by atoms with Crippen LogP contribution in [0, 0.1) is 5.92 Å². The lowest BCUT2D eigenvalue weighted by atomic mass is 9.85. The summed E-state index contributed by atoms with van der Waals surface area (Å²) in [5.41, 5.74) is 2.71. The Morgan fingerprint density at radius 3 is 2.44 bits per heavy atom. The summed E-state index contributed by atoms with van der Waals surface area (Å²) in [6.45, 7) is 7.14. The minimum absolute atomic E-state index is 0.269. The van der Waals surface area contributed by atoms with E-state index in [0.29, 0.717) is 5.92 Å². The molecular weight excluding hydrogens is 312 g/mol. The molecule has 1 aliphatic heterocycles. The number of para-hydroxylation sites is 1. The Labute approximate surface area is 152 Å². The van der Waals surface area contributed by atoms with E-state index in [4.69, 9.17) is 0 Å². The molecule has 1 aromatic carbocycles. The van der Waals surface area contributed by atoms with Crippen molar-refractivity contribution >= 4 is 11.6 Å². The first-order valence-corrected chi connectivity index (χ1v) is 9.61. The number of benzene rings is 1. The predicted molar refractivity (Wildman–Crippen MR) is 103 cm³/mol. The number of amides is 1. The third-order valence-corrected chi connectivity index (χ3v) is 5.54. The highest BCUT2D eigenvalue weighted by molar-refractivity contribution is 5.79. The van der Waals surface area contributed by atoms with E-state index in [-0.39, 0.29) is 5.91 Å². The second kappa shape index (κ2) is 8.68. The summed E-state index contributed by atoms with van der Waals surface area (Å²) in [4.78, 5) is 19.1. The fraction of sp³-hybridized carbons (Fsp3) is 0.650. The molecule has 1 N–H and O–H groups in total. The van der Waals surface area contributed by atoms with Crippen molar-refractivity contribution in [3.63, 3.8) is 0 Å². The van der Waals surface area contributed by atoms with Gasteiger partial charge in [0.2, 0.25) is 5.91 Å². The summed E-state index contributed by atoms with van der Waals surface area (Å²) < 4.78 is 0. The Bertz CT molecular complexity index is 563. The molecular formula is C20H32N4O. The van der Waals surface area contributed by atoms with E-state index in [2.05, 4.69) is 58.4 Å². The summed E-state index contributed by atoms with van der Waals surface area (Å²) in [6, 6.07) is 8.66. The zero-order valence-corrected chi connectivity index (χ0v) is 15.7. The van der Waals surface area contributed by atoms with Gasteiger partial charge in [0.05, 0.1) is 0 Å². The highest BCUT2D eigenvalue weighted by atomic mass is 16.1. The topological polar surface area (TPSA) is 38.8 Å². The average Bonchev–Trinajstić information content (AvgIpc) is 2.55. The van der Waals surface area contributed by atoms with Gasteiger partial charge in [0.25, 0.3) is 0 Å². The zero-order valence-electron chi connectivity index (χ0n) is 15.7. The molecule has 0 radical (unpaired) electrons. The predicted octanol–water partition coefficient (Wildman–Crippen LogP) is 1.79. The largest absolute Gasteiger partial charge is 0.377 e. The monoisotopic (exact) mass is 344 g/mol. The molecule has 0 unspecified atom stereocenters. The number of carbonyl (C=O) groups is 1. The molecule has 1 aromatic rings. The molecule has 5 heteroatoms. The van der Waals surface area contributed by atoms with Gasteiger partial charge in [0.15, 0.2) is 0 Å². The summed E-state index contributed by atoms with van der Waals surface area (Å²) in [6.07, 6.45) is 3.38. The van der Waals surface area contributed by atoms with Crippen molar-refractivity contribution in [1.29, 1.82) is 0 Å². The molecule has 1 saturated carbocycles. The van der Waals surface area contributed by atoms with Crippen LogP contribution in [-0.4, -0.2) is 69.1 Å². The van der Waals surface area contributed by atoms with Gasteiger partial charge in [-0.25, -0.2) is 0 Å². The van der Waals surface area contributed by atoms with Crippen LogP contribution >= 0.6 is 0 Å². The molecule has 5 nitrogen and oxygen atoms in total. The van der Waals surface area contributed by atoms with E-state index in [1.165, 1.54) is 17.7 Å². The van der Waals surface area contributed by atoms with Crippen molar-refractivity contribution in [3.8, 4) is 0 Å². The van der Waals surface area contributed by atoms with Gasteiger partial charge in [0.1, 0.15) is 0 Å². The van der Waals surface area contributed by atoms with Gasteiger partial charge in [0, 0.05) is 71.5 Å². The summed E-state index contributed by atoms with van der Waals surface area (Å²) in [5, 5.41) is 3.10. The van der Waals surface area contributed by atoms with Crippen LogP contribution in [0.1, 0.15) is 24.8 Å². The van der Waals surface area contributed by atoms with Crippen molar-refractivity contribution in [2.24, 2.45) is 5.92 Å². The molecule has 0 atom stereocenters. The van der Waals surface area contributed by atoms with Gasteiger partial charge in [-0.1, -0.05) is 24.6 Å². The Morgan fingerprint density at radius 2 is 1.80 bits per heavy atom. The minimum Gasteiger partial charge on any atom is -0.377 e. The first-order chi connectivity index (χ1) is 12.1. The molecule has 2 aliphatic rings. The number of nitrogens with one attached hydrogen (secondary N) is 1. The average molecular weight is 345 g/mol. The molecule has 0 aromatic heterocycles. The Hall–Kier alpha value is -1.59. The molecule has 1 aliphatic carbocycles. The number of piperazine rings is 1. The number of nitrogens with zero attached hydrogens (tertiary/aromatic N) is 3. The molecule has 25 heavy (non-hydrogen) atoms. The lowest BCUT2D eigenvalue weighted by molar-refractivity contribution is -0.127. The summed E-state index contributed by atoms with van der Waals surface area (Å²) in [7, 11) is 4.21. The molecule has 1 amide bonds. The SMILES string of the molecule is CN(C)c1ccccc1CN1CCN(CCNC(=O)C2CCC2)CC1. The highest BCUT2D eigenvalue weighted by Gasteiger charge is 2.25. The Balaban J connectivity index is 1.38. The molecule has 138 valence electrons. The Morgan fingerprint density at radius 1 is 1.12 bits per heavy atom. The van der Waals surface area contributed by atoms with Crippen LogP contribution in [0.3, 0.4) is 0 Å². The maximum absolute atomic E-state index is 11.9. The first kappa shape index (κ1) is 18.2. The Kier molecular flexibility index (Phi) is 6.32. The normalized spacial score (nSPS) is 19.4. The lowest BCUT2D eigenvalue weighted by Crippen LogP contribution is -2.48. The van der Waals surface area contributed by atoms with Gasteiger partial charge in [-0.05, 0) is 24.5 Å². The quantitative estimate of drug-likeness (QED) is 0.818. The maximum Gasteiger partial charge on any atom is 0.223 e. The van der Waals surface area contributed by atoms with Gasteiger partial charge in [-0.15, -0.1) is 0 Å². The van der Waals surface area contributed by atoms with Gasteiger partial charge < -0.3 is 10.2 Å². The third kappa shape index (κ3) is 4.95. The number of carbonyl (C=O) groups excluding carboxylic acids is 1. The molecule has 3 rings (SSSR count). The molecule has 2 fully saturated rings. The van der Waals surface area contributed by atoms with Crippen molar-refractivity contribution in [2.75, 3.05) is 58.3 Å². The standard InChI is InChI=1S/C20H32N4O/c1-22(2)19-9-4-3-6-18(19)16-24-14-12-23(13-15-24)11-10-21-20(25)17-7-5-8-17/h3-4,6,9,17H,5,7-8,10-16H2,1-2H3,(H,21,25). The zero-order chi connectivity index (χ0) is 17.6. The van der Waals surface area contributed by atoms with Crippen molar-refractivity contribution in [1.82, 2.24) is 15.1 Å². The van der Waals surface area contributed by atoms with Crippen molar-refractivity contribution < 1.29 is 4.79 Å². The van der Waals surface area contributed by atoms with Crippen LogP contribution in [0.4, 0.5) is 5.69 Å². The van der Waals surface area contributed by atoms with Crippen LogP contribution in [0.2, 0.25) is 0 Å². The lowest BCUT2D eigenvalue weighted by Gasteiger charge is -2.35. The van der Waals surface area contributed by atoms with Crippen LogP contribution in [0.5, 0.6) is 0 Å². The van der Waals surface area contributed by atoms with Gasteiger partial charge >= 0.3 is 0 Å². The van der Waals surface area contributed by atoms with E-state index >= 15 is 0 Å². The maximum atomic E-state index is 11.9. The van der Waals surface area contributed by atoms with Crippen LogP contribution in [0.25, 0.3) is 0 Å². The second-order valence-electron chi connectivity index (χ2n) is 7.56. The smallest absolute Gasteiger partial charge is 0.223 e. The number of rotatable bonds is 7. The first-order valence-electron chi connectivity index (χ1n) is 9.61. The number of hydrogen-bond acceptors (Lipinski definition) is 4. The van der Waals surface area contributed by atoms with E-state index in [0.717, 1.165) is 58.7 Å². The van der Waals surface area contributed by atoms with Crippen molar-refractivity contribution in [2.45, 2.75) is 25.8 Å². The second-order valence-corrected chi connectivity index (χ2v) is 7.56. The third-order valence-electron chi connectivity index (χ3n) is 5.54. The highest BCUT2D eigenvalue weighted by Crippen LogP contribution is 2.26. The van der Waals surface area contributed by atoms with Crippen LogP contribution < -0.4 is 10.2 Å². The number of anilines is 1. The van der Waals surface area contributed by atoms with Gasteiger partial charge in [-0.2, -0.15) is 0 Å². The number of hydrogen-bond donors (Lipinski definition) is 1. The van der Waals surface area contributed by atoms with Crippen LogP contribution in [0.15, 0.2) is 24.3 Å². The fourth-order valence-corrected chi connectivity index (χ4v) is 3.64. The van der Waals surface area contributed by atoms with E-state index < -0.39 is 0 Å². The molecule has 0 spiro atoms. The van der Waals surface area contributed by atoms with E-state index in [1.807, 2.05) is 0 Å². The van der Waals surface area contributed by atoms with E-state index in [9.17, 15) is 4.79 Å². The minimum atomic E-state index is 0.269. The molecule has 1 saturated heterocycles. The fourth-order valence-electron chi connectivity index (χ4n) is 3.64. The molecule has 1 heterocycles.